The highest BCUT2D eigenvalue weighted by Crippen LogP contribution is 2.21. The summed E-state index contributed by atoms with van der Waals surface area (Å²) in [5.41, 5.74) is 2.78. The predicted octanol–water partition coefficient (Wildman–Crippen LogP) is 6.48. The second kappa shape index (κ2) is 13.3. The molecule has 4 nitrogen and oxygen atoms in total. The SMILES string of the molecule is CC[C@@H](C)NC(=O)[C@@H](Cc1ccccc1)N(Cc1cccc(Cl)c1)C(=O)CCc1ccccc1Cl. The van der Waals surface area contributed by atoms with E-state index in [1.54, 1.807) is 11.0 Å². The first-order valence-corrected chi connectivity index (χ1v) is 12.7. The molecule has 0 aromatic heterocycles. The molecule has 0 aliphatic carbocycles. The Balaban J connectivity index is 1.92. The molecule has 0 fully saturated rings. The molecule has 2 atom stereocenters. The zero-order chi connectivity index (χ0) is 25.2. The lowest BCUT2D eigenvalue weighted by molar-refractivity contribution is -0.141. The summed E-state index contributed by atoms with van der Waals surface area (Å²) in [7, 11) is 0. The summed E-state index contributed by atoms with van der Waals surface area (Å²) in [5, 5.41) is 4.31. The van der Waals surface area contributed by atoms with Crippen LogP contribution in [0.3, 0.4) is 0 Å². The highest BCUT2D eigenvalue weighted by Gasteiger charge is 2.30. The quantitative estimate of drug-likeness (QED) is 0.320. The zero-order valence-electron chi connectivity index (χ0n) is 20.2. The van der Waals surface area contributed by atoms with Crippen molar-refractivity contribution < 1.29 is 9.59 Å². The van der Waals surface area contributed by atoms with E-state index in [4.69, 9.17) is 23.2 Å². The number of hydrogen-bond donors (Lipinski definition) is 1. The number of halogens is 2. The Morgan fingerprint density at radius 1 is 0.914 bits per heavy atom. The number of carbonyl (C=O) groups is 2. The lowest BCUT2D eigenvalue weighted by Crippen LogP contribution is -2.52. The van der Waals surface area contributed by atoms with Crippen molar-refractivity contribution in [2.24, 2.45) is 0 Å². The molecule has 0 unspecified atom stereocenters. The molecular formula is C29H32Cl2N2O2. The van der Waals surface area contributed by atoms with Crippen LogP contribution in [0.5, 0.6) is 0 Å². The Morgan fingerprint density at radius 3 is 2.29 bits per heavy atom. The van der Waals surface area contributed by atoms with Gasteiger partial charge in [-0.25, -0.2) is 0 Å². The third kappa shape index (κ3) is 8.12. The van der Waals surface area contributed by atoms with Crippen LogP contribution in [-0.4, -0.2) is 28.8 Å². The molecule has 0 radical (unpaired) electrons. The van der Waals surface area contributed by atoms with E-state index < -0.39 is 6.04 Å². The molecule has 0 spiro atoms. The average Bonchev–Trinajstić information content (AvgIpc) is 2.86. The Kier molecular flexibility index (Phi) is 10.2. The maximum Gasteiger partial charge on any atom is 0.243 e. The number of carbonyl (C=O) groups excluding carboxylic acids is 2. The maximum atomic E-state index is 13.7. The molecule has 0 saturated carbocycles. The summed E-state index contributed by atoms with van der Waals surface area (Å²) in [4.78, 5) is 28.9. The van der Waals surface area contributed by atoms with Crippen LogP contribution in [0.1, 0.15) is 43.4 Å². The normalized spacial score (nSPS) is 12.6. The average molecular weight is 511 g/mol. The van der Waals surface area contributed by atoms with E-state index in [9.17, 15) is 9.59 Å². The van der Waals surface area contributed by atoms with Gasteiger partial charge >= 0.3 is 0 Å². The number of rotatable bonds is 11. The van der Waals surface area contributed by atoms with Crippen molar-refractivity contribution in [3.63, 3.8) is 0 Å². The maximum absolute atomic E-state index is 13.7. The van der Waals surface area contributed by atoms with E-state index in [0.29, 0.717) is 22.9 Å². The molecule has 0 aliphatic rings. The van der Waals surface area contributed by atoms with Crippen LogP contribution in [0.15, 0.2) is 78.9 Å². The van der Waals surface area contributed by atoms with Gasteiger partial charge in [-0.3, -0.25) is 9.59 Å². The summed E-state index contributed by atoms with van der Waals surface area (Å²) in [5.74, 6) is -0.263. The van der Waals surface area contributed by atoms with E-state index in [1.165, 1.54) is 0 Å². The fourth-order valence-electron chi connectivity index (χ4n) is 3.91. The van der Waals surface area contributed by atoms with Crippen LogP contribution in [0.2, 0.25) is 10.0 Å². The van der Waals surface area contributed by atoms with E-state index in [1.807, 2.05) is 86.6 Å². The van der Waals surface area contributed by atoms with Gasteiger partial charge in [0.15, 0.2) is 0 Å². The minimum atomic E-state index is -0.663. The van der Waals surface area contributed by atoms with Gasteiger partial charge in [0.25, 0.3) is 0 Å². The summed E-state index contributed by atoms with van der Waals surface area (Å²) < 4.78 is 0. The number of nitrogens with zero attached hydrogens (tertiary/aromatic N) is 1. The van der Waals surface area contributed by atoms with E-state index >= 15 is 0 Å². The van der Waals surface area contributed by atoms with Gasteiger partial charge in [-0.15, -0.1) is 0 Å². The van der Waals surface area contributed by atoms with E-state index in [-0.39, 0.29) is 30.8 Å². The van der Waals surface area contributed by atoms with Crippen LogP contribution in [0, 0.1) is 0 Å². The van der Waals surface area contributed by atoms with Gasteiger partial charge in [-0.1, -0.05) is 90.8 Å². The van der Waals surface area contributed by atoms with Crippen molar-refractivity contribution in [2.45, 2.75) is 58.2 Å². The van der Waals surface area contributed by atoms with Gasteiger partial charge in [-0.05, 0) is 54.7 Å². The van der Waals surface area contributed by atoms with Crippen LogP contribution in [0.25, 0.3) is 0 Å². The van der Waals surface area contributed by atoms with Crippen molar-refractivity contribution in [3.8, 4) is 0 Å². The lowest BCUT2D eigenvalue weighted by Gasteiger charge is -2.32. The lowest BCUT2D eigenvalue weighted by atomic mass is 10.0. The van der Waals surface area contributed by atoms with Gasteiger partial charge in [0.05, 0.1) is 0 Å². The van der Waals surface area contributed by atoms with Crippen LogP contribution < -0.4 is 5.32 Å². The zero-order valence-corrected chi connectivity index (χ0v) is 21.7. The smallest absolute Gasteiger partial charge is 0.243 e. The molecule has 0 saturated heterocycles. The van der Waals surface area contributed by atoms with Crippen molar-refractivity contribution in [3.05, 3.63) is 106 Å². The molecule has 0 bridgehead atoms. The molecule has 35 heavy (non-hydrogen) atoms. The van der Waals surface area contributed by atoms with Crippen LogP contribution in [-0.2, 0) is 29.0 Å². The third-order valence-corrected chi connectivity index (χ3v) is 6.68. The Labute approximate surface area is 218 Å². The van der Waals surface area contributed by atoms with Gasteiger partial charge in [-0.2, -0.15) is 0 Å². The van der Waals surface area contributed by atoms with Crippen molar-refractivity contribution in [1.29, 1.82) is 0 Å². The van der Waals surface area contributed by atoms with Crippen molar-refractivity contribution in [1.82, 2.24) is 10.2 Å². The number of nitrogens with one attached hydrogen (secondary N) is 1. The first kappa shape index (κ1) is 26.8. The van der Waals surface area contributed by atoms with Gasteiger partial charge in [0.1, 0.15) is 6.04 Å². The fourth-order valence-corrected chi connectivity index (χ4v) is 4.36. The summed E-state index contributed by atoms with van der Waals surface area (Å²) >= 11 is 12.6. The standard InChI is InChI=1S/C29H32Cl2N2O2/c1-3-21(2)32-29(35)27(19-22-10-5-4-6-11-22)33(20-23-12-9-14-25(30)18-23)28(34)17-16-24-13-7-8-15-26(24)31/h4-15,18,21,27H,3,16-17,19-20H2,1-2H3,(H,32,35)/t21-,27-/m1/s1. The van der Waals surface area contributed by atoms with Gasteiger partial charge in [0.2, 0.25) is 11.8 Å². The van der Waals surface area contributed by atoms with Crippen LogP contribution in [0.4, 0.5) is 0 Å². The third-order valence-electron chi connectivity index (χ3n) is 6.08. The minimum Gasteiger partial charge on any atom is -0.352 e. The number of aryl methyl sites for hydroxylation is 1. The second-order valence-corrected chi connectivity index (χ2v) is 9.61. The largest absolute Gasteiger partial charge is 0.352 e. The Hall–Kier alpha value is -2.82. The summed E-state index contributed by atoms with van der Waals surface area (Å²) in [6, 6.07) is 24.1. The number of amides is 2. The molecule has 0 aliphatic heterocycles. The molecule has 3 aromatic carbocycles. The highest BCUT2D eigenvalue weighted by atomic mass is 35.5. The van der Waals surface area contributed by atoms with Crippen molar-refractivity contribution in [2.75, 3.05) is 0 Å². The number of hydrogen-bond acceptors (Lipinski definition) is 2. The van der Waals surface area contributed by atoms with Gasteiger partial charge in [0, 0.05) is 35.5 Å². The van der Waals surface area contributed by atoms with E-state index in [0.717, 1.165) is 23.1 Å². The molecular weight excluding hydrogens is 479 g/mol. The summed E-state index contributed by atoms with van der Waals surface area (Å²) in [6.07, 6.45) is 1.96. The monoisotopic (exact) mass is 510 g/mol. The first-order chi connectivity index (χ1) is 16.9. The predicted molar refractivity (Wildman–Crippen MR) is 144 cm³/mol. The molecule has 1 N–H and O–H groups in total. The van der Waals surface area contributed by atoms with Crippen molar-refractivity contribution >= 4 is 35.0 Å². The van der Waals surface area contributed by atoms with E-state index in [2.05, 4.69) is 5.32 Å². The minimum absolute atomic E-state index is 0.00650. The molecule has 0 heterocycles. The van der Waals surface area contributed by atoms with Gasteiger partial charge < -0.3 is 10.2 Å². The Morgan fingerprint density at radius 2 is 1.60 bits per heavy atom. The fraction of sp³-hybridized carbons (Fsp3) is 0.310. The van der Waals surface area contributed by atoms with Crippen LogP contribution >= 0.6 is 23.2 Å². The topological polar surface area (TPSA) is 49.4 Å². The molecule has 3 aromatic rings. The highest BCUT2D eigenvalue weighted by molar-refractivity contribution is 6.31. The summed E-state index contributed by atoms with van der Waals surface area (Å²) in [6.45, 7) is 4.28. The molecule has 2 amide bonds. The number of benzene rings is 3. The second-order valence-electron chi connectivity index (χ2n) is 8.77. The molecule has 6 heteroatoms. The molecule has 184 valence electrons. The Bertz CT molecular complexity index is 1120. The first-order valence-electron chi connectivity index (χ1n) is 12.0. The molecule has 3 rings (SSSR count).